The van der Waals surface area contributed by atoms with E-state index >= 15 is 0 Å². The van der Waals surface area contributed by atoms with Gasteiger partial charge in [-0.05, 0) is 137 Å². The fourth-order valence-corrected chi connectivity index (χ4v) is 8.90. The highest BCUT2D eigenvalue weighted by Gasteiger charge is 2.44. The van der Waals surface area contributed by atoms with Crippen LogP contribution in [0.3, 0.4) is 0 Å². The second kappa shape index (κ2) is 24.9. The minimum absolute atomic E-state index is 0.0158. The van der Waals surface area contributed by atoms with Crippen molar-refractivity contribution in [2.75, 3.05) is 30.0 Å². The van der Waals surface area contributed by atoms with Crippen LogP contribution in [0.25, 0.3) is 6.08 Å². The third-order valence-electron chi connectivity index (χ3n) is 12.3. The van der Waals surface area contributed by atoms with Crippen molar-refractivity contribution < 1.29 is 81.3 Å². The molecule has 2 unspecified atom stereocenters. The zero-order valence-electron chi connectivity index (χ0n) is 44.3. The maximum Gasteiger partial charge on any atom is 0.416 e. The maximum atomic E-state index is 13.6. The number of aromatic nitrogens is 4. The molecule has 2 aromatic carbocycles. The van der Waals surface area contributed by atoms with Crippen LogP contribution < -0.4 is 9.80 Å². The van der Waals surface area contributed by atoms with E-state index in [1.807, 2.05) is 13.8 Å². The molecule has 4 heterocycles. The first-order valence-corrected chi connectivity index (χ1v) is 25.3. The Morgan fingerprint density at radius 3 is 1.20 bits per heavy atom. The summed E-state index contributed by atoms with van der Waals surface area (Å²) in [7, 11) is 1.20. The lowest BCUT2D eigenvalue weighted by Gasteiger charge is -2.30. The average Bonchev–Trinajstić information content (AvgIpc) is 4.04. The van der Waals surface area contributed by atoms with Gasteiger partial charge in [0.25, 0.3) is 0 Å². The van der Waals surface area contributed by atoms with Crippen LogP contribution in [0.1, 0.15) is 120 Å². The monoisotopic (exact) mass is 1200 g/mol. The van der Waals surface area contributed by atoms with Crippen LogP contribution in [0.15, 0.2) is 71.7 Å². The van der Waals surface area contributed by atoms with E-state index in [4.69, 9.17) is 9.47 Å². The Morgan fingerprint density at radius 2 is 0.911 bits per heavy atom. The molecule has 434 valence electrons. The number of anilines is 2. The number of hydrogen-bond donors (Lipinski definition) is 0. The summed E-state index contributed by atoms with van der Waals surface area (Å²) < 4.78 is 178. The Balaban J connectivity index is 0.000000293. The van der Waals surface area contributed by atoms with Gasteiger partial charge in [-0.15, -0.1) is 0 Å². The number of hydrogen-bond acceptors (Lipinski definition) is 12. The van der Waals surface area contributed by atoms with Crippen molar-refractivity contribution in [3.63, 3.8) is 0 Å². The molecule has 0 saturated carbocycles. The number of benzene rings is 2. The van der Waals surface area contributed by atoms with E-state index in [1.165, 1.54) is 57.6 Å². The Bertz CT molecular complexity index is 2700. The van der Waals surface area contributed by atoms with E-state index in [0.29, 0.717) is 60.0 Å². The van der Waals surface area contributed by atoms with E-state index in [0.717, 1.165) is 6.08 Å². The van der Waals surface area contributed by atoms with Gasteiger partial charge in [-0.3, -0.25) is 0 Å². The van der Waals surface area contributed by atoms with Gasteiger partial charge >= 0.3 is 42.9 Å². The topological polar surface area (TPSA) is 143 Å². The molecule has 6 rings (SSSR count). The molecule has 0 radical (unpaired) electrons. The number of likely N-dealkylation sites (tertiary alicyclic amines) is 2. The fourth-order valence-electron chi connectivity index (χ4n) is 8.69. The molecule has 0 aliphatic carbocycles. The van der Waals surface area contributed by atoms with Crippen molar-refractivity contribution in [2.24, 2.45) is 0 Å². The van der Waals surface area contributed by atoms with E-state index in [9.17, 15) is 67.1 Å². The second-order valence-corrected chi connectivity index (χ2v) is 21.5. The van der Waals surface area contributed by atoms with Crippen molar-refractivity contribution in [3.8, 4) is 0 Å². The zero-order valence-corrected chi connectivity index (χ0v) is 45.9. The van der Waals surface area contributed by atoms with Gasteiger partial charge in [-0.2, -0.15) is 52.7 Å². The number of ether oxygens (including phenoxy) is 3. The van der Waals surface area contributed by atoms with Gasteiger partial charge in [0.1, 0.15) is 11.2 Å². The lowest BCUT2D eigenvalue weighted by Crippen LogP contribution is -2.42. The normalized spacial score (nSPS) is 18.3. The van der Waals surface area contributed by atoms with Crippen molar-refractivity contribution >= 4 is 52.1 Å². The molecular formula is C52H59BrF12N8O6. The highest BCUT2D eigenvalue weighted by atomic mass is 79.9. The summed E-state index contributed by atoms with van der Waals surface area (Å²) in [5, 5.41) is 0. The van der Waals surface area contributed by atoms with Gasteiger partial charge in [-0.1, -0.05) is 13.8 Å². The number of rotatable bonds is 12. The fraction of sp³-hybridized carbons (Fsp3) is 0.519. The molecule has 2 saturated heterocycles. The van der Waals surface area contributed by atoms with Gasteiger partial charge in [0.2, 0.25) is 11.9 Å². The molecule has 4 atom stereocenters. The Kier molecular flexibility index (Phi) is 20.0. The Hall–Kier alpha value is -6.41. The quantitative estimate of drug-likeness (QED) is 0.0576. The van der Waals surface area contributed by atoms with Gasteiger partial charge in [0.05, 0.1) is 45.9 Å². The molecule has 2 fully saturated rings. The molecule has 2 aliphatic rings. The van der Waals surface area contributed by atoms with Gasteiger partial charge in [0.15, 0.2) is 0 Å². The smallest absolute Gasteiger partial charge is 0.416 e. The first kappa shape index (κ1) is 63.4. The summed E-state index contributed by atoms with van der Waals surface area (Å²) >= 11 is 3.22. The maximum absolute atomic E-state index is 13.6. The molecule has 0 bridgehead atoms. The molecule has 2 aliphatic heterocycles. The minimum atomic E-state index is -5.01. The van der Waals surface area contributed by atoms with Crippen LogP contribution in [0.2, 0.25) is 0 Å². The number of methoxy groups -OCH3 is 1. The lowest BCUT2D eigenvalue weighted by molar-refractivity contribution is -0.144. The van der Waals surface area contributed by atoms with E-state index in [-0.39, 0.29) is 66.9 Å². The third kappa shape index (κ3) is 18.1. The van der Waals surface area contributed by atoms with Crippen LogP contribution in [0, 0.1) is 0 Å². The molecule has 4 aromatic rings. The van der Waals surface area contributed by atoms with Crippen LogP contribution in [-0.4, -0.2) is 103 Å². The highest BCUT2D eigenvalue weighted by Crippen LogP contribution is 2.40. The van der Waals surface area contributed by atoms with Crippen molar-refractivity contribution in [3.05, 3.63) is 111 Å². The number of halogens is 13. The molecule has 0 N–H and O–H groups in total. The summed E-state index contributed by atoms with van der Waals surface area (Å²) in [6.45, 7) is 13.5. The SMILES string of the molecule is CC[C@@H]1CC(N(Cc2cc(C(F)(F)F)cc(C(F)(F)F)c2)c2ncc(/C=C/C(=O)OC)cn2)CN1C(=O)OC(C)(C)C.CC[C@@H]1CC(N(Cc2cc(C(F)(F)F)cc(C(F)(F)F)c2)c2ncc(Br)cn2)CN1C(=O)OC(C)(C)C. The number of nitrogens with zero attached hydrogens (tertiary/aromatic N) is 8. The molecule has 14 nitrogen and oxygen atoms in total. The standard InChI is InChI=1S/C28H32F6N4O4.C24H27BrF6N4O2/c1-6-21-12-22(16-38(21)25(40)42-26(2,3)4)37(24-35-13-17(14-36-24)7-8-23(39)41-5)15-18-9-19(27(29,30)31)11-20(10-18)28(32,33)34;1-5-18-9-19(13-35(18)21(36)37-22(2,3)4)34(20-32-10-17(25)11-33-20)12-14-6-15(23(26,27)28)8-16(7-14)24(29,30)31/h7-11,13-14,21-22H,6,12,15-16H2,1-5H3;6-8,10-11,18-19H,5,9,12-13H2,1-4H3/b8-7+;/t21-,22?;18-,19?/m11/s1. The number of carbonyl (C=O) groups is 3. The summed E-state index contributed by atoms with van der Waals surface area (Å²) in [5.41, 5.74) is -7.28. The molecule has 0 spiro atoms. The first-order valence-electron chi connectivity index (χ1n) is 24.5. The van der Waals surface area contributed by atoms with Gasteiger partial charge < -0.3 is 33.8 Å². The van der Waals surface area contributed by atoms with Crippen LogP contribution in [0.5, 0.6) is 0 Å². The van der Waals surface area contributed by atoms with E-state index in [1.54, 1.807) is 41.5 Å². The lowest BCUT2D eigenvalue weighted by atomic mass is 10.0. The minimum Gasteiger partial charge on any atom is -0.466 e. The number of carbonyl (C=O) groups excluding carboxylic acids is 3. The van der Waals surface area contributed by atoms with E-state index < -0.39 is 94.9 Å². The van der Waals surface area contributed by atoms with Gasteiger partial charge in [0, 0.05) is 74.7 Å². The highest BCUT2D eigenvalue weighted by molar-refractivity contribution is 9.10. The molecule has 79 heavy (non-hydrogen) atoms. The summed E-state index contributed by atoms with van der Waals surface area (Å²) in [5.74, 6) is -0.494. The van der Waals surface area contributed by atoms with Crippen LogP contribution in [-0.2, 0) is 56.8 Å². The number of amides is 2. The number of alkyl halides is 12. The van der Waals surface area contributed by atoms with Gasteiger partial charge in [-0.25, -0.2) is 34.3 Å². The Morgan fingerprint density at radius 1 is 0.582 bits per heavy atom. The van der Waals surface area contributed by atoms with Crippen molar-refractivity contribution in [1.82, 2.24) is 29.7 Å². The van der Waals surface area contributed by atoms with E-state index in [2.05, 4.69) is 40.6 Å². The predicted octanol–water partition coefficient (Wildman–Crippen LogP) is 13.6. The second-order valence-electron chi connectivity index (χ2n) is 20.6. The zero-order chi connectivity index (χ0) is 59.2. The molecular weight excluding hydrogens is 1140 g/mol. The average molecular weight is 1200 g/mol. The Labute approximate surface area is 456 Å². The predicted molar refractivity (Wildman–Crippen MR) is 269 cm³/mol. The van der Waals surface area contributed by atoms with Crippen molar-refractivity contribution in [1.29, 1.82) is 0 Å². The van der Waals surface area contributed by atoms with Crippen LogP contribution in [0.4, 0.5) is 74.2 Å². The summed E-state index contributed by atoms with van der Waals surface area (Å²) in [6.07, 6.45) is -11.2. The summed E-state index contributed by atoms with van der Waals surface area (Å²) in [4.78, 5) is 60.3. The largest absolute Gasteiger partial charge is 0.466 e. The molecule has 2 aromatic heterocycles. The third-order valence-corrected chi connectivity index (χ3v) is 12.7. The number of esters is 1. The molecule has 2 amide bonds. The van der Waals surface area contributed by atoms with Crippen molar-refractivity contribution in [2.45, 2.75) is 154 Å². The molecule has 27 heteroatoms. The first-order chi connectivity index (χ1) is 36.4. The van der Waals surface area contributed by atoms with Crippen LogP contribution >= 0.6 is 15.9 Å². The summed E-state index contributed by atoms with van der Waals surface area (Å²) in [6, 6.07) is 1.27.